The van der Waals surface area contributed by atoms with Crippen LogP contribution in [0.3, 0.4) is 0 Å². The van der Waals surface area contributed by atoms with Crippen molar-refractivity contribution in [3.63, 3.8) is 0 Å². The van der Waals surface area contributed by atoms with Gasteiger partial charge in [-0.05, 0) is 40.6 Å². The van der Waals surface area contributed by atoms with E-state index in [1.165, 1.54) is 10.3 Å². The lowest BCUT2D eigenvalue weighted by Crippen LogP contribution is -2.28. The predicted molar refractivity (Wildman–Crippen MR) is 84.6 cm³/mol. The fraction of sp³-hybridized carbons (Fsp3) is 0.188. The zero-order valence-corrected chi connectivity index (χ0v) is 12.2. The highest BCUT2D eigenvalue weighted by atomic mass is 32.1. The Labute approximate surface area is 122 Å². The zero-order chi connectivity index (χ0) is 13.9. The molecule has 102 valence electrons. The topological polar surface area (TPSA) is 50.9 Å². The maximum atomic E-state index is 5.75. The van der Waals surface area contributed by atoms with Crippen LogP contribution in [0, 0.1) is 0 Å². The van der Waals surface area contributed by atoms with Crippen LogP contribution in [0.25, 0.3) is 10.2 Å². The van der Waals surface area contributed by atoms with E-state index >= 15 is 0 Å². The Kier molecular flexibility index (Phi) is 3.78. The van der Waals surface area contributed by atoms with Gasteiger partial charge in [-0.15, -0.1) is 11.3 Å². The molecule has 2 aromatic heterocycles. The van der Waals surface area contributed by atoms with Crippen LogP contribution in [0.2, 0.25) is 0 Å². The van der Waals surface area contributed by atoms with Crippen LogP contribution in [0.5, 0.6) is 0 Å². The number of pyridine rings is 1. The molecule has 4 heteroatoms. The van der Waals surface area contributed by atoms with Crippen LogP contribution in [0.15, 0.2) is 48.0 Å². The number of nitrogens with zero attached hydrogens (tertiary/aromatic N) is 1. The largest absolute Gasteiger partial charge is 0.271 e. The molecule has 0 radical (unpaired) electrons. The summed E-state index contributed by atoms with van der Waals surface area (Å²) in [6, 6.07) is 12.7. The maximum absolute atomic E-state index is 5.75. The Morgan fingerprint density at radius 2 is 2.00 bits per heavy atom. The number of hydrogen-bond acceptors (Lipinski definition) is 4. The molecular weight excluding hydrogens is 266 g/mol. The maximum Gasteiger partial charge on any atom is 0.0809 e. The van der Waals surface area contributed by atoms with Crippen molar-refractivity contribution in [3.05, 3.63) is 64.7 Å². The van der Waals surface area contributed by atoms with Crippen LogP contribution in [-0.2, 0) is 6.42 Å². The molecule has 0 aliphatic carbocycles. The van der Waals surface area contributed by atoms with Crippen LogP contribution >= 0.6 is 11.3 Å². The fourth-order valence-electron chi connectivity index (χ4n) is 2.35. The fourth-order valence-corrected chi connectivity index (χ4v) is 3.14. The van der Waals surface area contributed by atoms with Crippen molar-refractivity contribution < 1.29 is 0 Å². The van der Waals surface area contributed by atoms with Crippen molar-refractivity contribution >= 4 is 21.6 Å². The molecule has 0 aliphatic rings. The molecule has 0 fully saturated rings. The second-order valence-electron chi connectivity index (χ2n) is 4.77. The Morgan fingerprint density at radius 3 is 2.70 bits per heavy atom. The van der Waals surface area contributed by atoms with Crippen molar-refractivity contribution in [2.24, 2.45) is 5.84 Å². The van der Waals surface area contributed by atoms with Gasteiger partial charge in [-0.25, -0.2) is 5.43 Å². The van der Waals surface area contributed by atoms with Gasteiger partial charge >= 0.3 is 0 Å². The predicted octanol–water partition coefficient (Wildman–Crippen LogP) is 3.41. The molecule has 1 unspecified atom stereocenters. The smallest absolute Gasteiger partial charge is 0.0809 e. The Bertz CT molecular complexity index is 703. The van der Waals surface area contributed by atoms with E-state index in [9.17, 15) is 0 Å². The zero-order valence-electron chi connectivity index (χ0n) is 11.3. The summed E-state index contributed by atoms with van der Waals surface area (Å²) in [6.45, 7) is 2.16. The van der Waals surface area contributed by atoms with E-state index in [4.69, 9.17) is 5.84 Å². The number of benzene rings is 1. The summed E-state index contributed by atoms with van der Waals surface area (Å²) < 4.78 is 1.19. The lowest BCUT2D eigenvalue weighted by atomic mass is 9.99. The van der Waals surface area contributed by atoms with E-state index in [2.05, 4.69) is 53.0 Å². The van der Waals surface area contributed by atoms with E-state index in [0.717, 1.165) is 23.1 Å². The lowest BCUT2D eigenvalue weighted by Gasteiger charge is -2.17. The summed E-state index contributed by atoms with van der Waals surface area (Å²) in [4.78, 5) is 4.48. The first kappa shape index (κ1) is 13.2. The molecule has 0 spiro atoms. The molecule has 0 saturated carbocycles. The molecule has 3 aromatic rings. The van der Waals surface area contributed by atoms with E-state index in [0.29, 0.717) is 0 Å². The lowest BCUT2D eigenvalue weighted by molar-refractivity contribution is 0.635. The van der Waals surface area contributed by atoms with Gasteiger partial charge in [-0.3, -0.25) is 10.8 Å². The SMILES string of the molecule is CCc1ccc(C(NN)c2cnc3ccsc3c2)cc1. The summed E-state index contributed by atoms with van der Waals surface area (Å²) in [5, 5.41) is 2.06. The van der Waals surface area contributed by atoms with Gasteiger partial charge in [0, 0.05) is 6.20 Å². The highest BCUT2D eigenvalue weighted by molar-refractivity contribution is 7.17. The highest BCUT2D eigenvalue weighted by Crippen LogP contribution is 2.26. The number of fused-ring (bicyclic) bond motifs is 1. The second kappa shape index (κ2) is 5.71. The van der Waals surface area contributed by atoms with E-state index in [-0.39, 0.29) is 6.04 Å². The molecule has 3 rings (SSSR count). The molecular formula is C16H17N3S. The van der Waals surface area contributed by atoms with Crippen LogP contribution in [0.1, 0.15) is 29.7 Å². The summed E-state index contributed by atoms with van der Waals surface area (Å²) >= 11 is 1.70. The van der Waals surface area contributed by atoms with Crippen molar-refractivity contribution in [3.8, 4) is 0 Å². The van der Waals surface area contributed by atoms with E-state index < -0.39 is 0 Å². The molecule has 20 heavy (non-hydrogen) atoms. The standard InChI is InChI=1S/C16H17N3S/c1-2-11-3-5-12(6-4-11)16(19-17)13-9-15-14(18-10-13)7-8-20-15/h3-10,16,19H,2,17H2,1H3. The van der Waals surface area contributed by atoms with Crippen molar-refractivity contribution in [1.82, 2.24) is 10.4 Å². The number of hydrazine groups is 1. The normalized spacial score (nSPS) is 12.7. The third-order valence-corrected chi connectivity index (χ3v) is 4.40. The molecule has 2 heterocycles. The summed E-state index contributed by atoms with van der Waals surface area (Å²) in [5.74, 6) is 5.75. The average molecular weight is 283 g/mol. The molecule has 1 atom stereocenters. The minimum atomic E-state index is -0.0279. The first-order valence-corrected chi connectivity index (χ1v) is 7.58. The third kappa shape index (κ3) is 2.45. The number of hydrogen-bond donors (Lipinski definition) is 2. The number of rotatable bonds is 4. The number of nitrogens with one attached hydrogen (secondary N) is 1. The van der Waals surface area contributed by atoms with E-state index in [1.807, 2.05) is 12.3 Å². The molecule has 3 N–H and O–H groups in total. The number of aryl methyl sites for hydroxylation is 1. The Balaban J connectivity index is 1.98. The summed E-state index contributed by atoms with van der Waals surface area (Å²) in [7, 11) is 0. The minimum Gasteiger partial charge on any atom is -0.271 e. The first-order chi connectivity index (χ1) is 9.81. The van der Waals surface area contributed by atoms with Gasteiger partial charge in [0.05, 0.1) is 16.3 Å². The van der Waals surface area contributed by atoms with Gasteiger partial charge in [-0.1, -0.05) is 31.2 Å². The number of nitrogens with two attached hydrogens (primary N) is 1. The van der Waals surface area contributed by atoms with Crippen molar-refractivity contribution in [2.75, 3.05) is 0 Å². The average Bonchev–Trinajstić information content (AvgIpc) is 2.96. The molecule has 0 aliphatic heterocycles. The van der Waals surface area contributed by atoms with Gasteiger partial charge in [-0.2, -0.15) is 0 Å². The Morgan fingerprint density at radius 1 is 1.20 bits per heavy atom. The van der Waals surface area contributed by atoms with Gasteiger partial charge in [0.2, 0.25) is 0 Å². The molecule has 0 saturated heterocycles. The van der Waals surface area contributed by atoms with Gasteiger partial charge < -0.3 is 0 Å². The van der Waals surface area contributed by atoms with Crippen LogP contribution < -0.4 is 11.3 Å². The first-order valence-electron chi connectivity index (χ1n) is 6.70. The van der Waals surface area contributed by atoms with E-state index in [1.54, 1.807) is 11.3 Å². The molecule has 0 bridgehead atoms. The number of aromatic nitrogens is 1. The molecule has 3 nitrogen and oxygen atoms in total. The van der Waals surface area contributed by atoms with Gasteiger partial charge in [0.25, 0.3) is 0 Å². The second-order valence-corrected chi connectivity index (χ2v) is 5.72. The third-order valence-electron chi connectivity index (χ3n) is 3.55. The van der Waals surface area contributed by atoms with Crippen LogP contribution in [0.4, 0.5) is 0 Å². The Hall–Kier alpha value is -1.75. The van der Waals surface area contributed by atoms with Crippen LogP contribution in [-0.4, -0.2) is 4.98 Å². The number of thiophene rings is 1. The molecule has 0 amide bonds. The summed E-state index contributed by atoms with van der Waals surface area (Å²) in [5.41, 5.74) is 7.51. The highest BCUT2D eigenvalue weighted by Gasteiger charge is 2.13. The van der Waals surface area contributed by atoms with Gasteiger partial charge in [0.15, 0.2) is 0 Å². The van der Waals surface area contributed by atoms with Gasteiger partial charge in [0.1, 0.15) is 0 Å². The molecule has 1 aromatic carbocycles. The monoisotopic (exact) mass is 283 g/mol. The van der Waals surface area contributed by atoms with Crippen molar-refractivity contribution in [1.29, 1.82) is 0 Å². The minimum absolute atomic E-state index is 0.0279. The summed E-state index contributed by atoms with van der Waals surface area (Å²) in [6.07, 6.45) is 2.94. The quantitative estimate of drug-likeness (QED) is 0.570. The van der Waals surface area contributed by atoms with Crippen molar-refractivity contribution in [2.45, 2.75) is 19.4 Å².